The van der Waals surface area contributed by atoms with E-state index in [1.54, 1.807) is 19.2 Å². The molecule has 0 saturated heterocycles. The molecular formula is C25H21NO4. The van der Waals surface area contributed by atoms with Gasteiger partial charge in [-0.25, -0.2) is 4.79 Å². The first-order valence-electron chi connectivity index (χ1n) is 9.73. The van der Waals surface area contributed by atoms with Crippen LogP contribution in [0.5, 0.6) is 5.75 Å². The number of benzene rings is 3. The maximum Gasteiger partial charge on any atom is 0.344 e. The quantitative estimate of drug-likeness (QED) is 0.429. The lowest BCUT2D eigenvalue weighted by molar-refractivity contribution is -0.143. The smallest absolute Gasteiger partial charge is 0.344 e. The second kappa shape index (κ2) is 8.74. The Kier molecular flexibility index (Phi) is 5.70. The number of hydrogen-bond acceptors (Lipinski definition) is 5. The minimum Gasteiger partial charge on any atom is -0.497 e. The standard InChI is InChI=1S/C25H21NO4/c1-29-20-14-12-17(13-15-20)21(16-22(27)18-8-4-2-5-9-18)23-24(26-30-25(23)28)19-10-6-3-7-11-19/h2-15,21,23H,16H2,1H3/t21-,23-/m0/s1. The van der Waals surface area contributed by atoms with Crippen LogP contribution >= 0.6 is 0 Å². The predicted molar refractivity (Wildman–Crippen MR) is 114 cm³/mol. The largest absolute Gasteiger partial charge is 0.497 e. The van der Waals surface area contributed by atoms with Crippen molar-refractivity contribution in [1.82, 2.24) is 0 Å². The fourth-order valence-electron chi connectivity index (χ4n) is 3.74. The van der Waals surface area contributed by atoms with Crippen molar-refractivity contribution < 1.29 is 19.2 Å². The Morgan fingerprint density at radius 2 is 1.60 bits per heavy atom. The molecule has 5 nitrogen and oxygen atoms in total. The molecule has 0 amide bonds. The van der Waals surface area contributed by atoms with E-state index in [0.29, 0.717) is 17.0 Å². The Bertz CT molecular complexity index is 1060. The van der Waals surface area contributed by atoms with Crippen LogP contribution in [0.3, 0.4) is 0 Å². The van der Waals surface area contributed by atoms with Crippen LogP contribution in [0.2, 0.25) is 0 Å². The van der Waals surface area contributed by atoms with Gasteiger partial charge in [-0.2, -0.15) is 0 Å². The lowest BCUT2D eigenvalue weighted by Gasteiger charge is -2.22. The van der Waals surface area contributed by atoms with Gasteiger partial charge in [0.1, 0.15) is 17.4 Å². The Balaban J connectivity index is 1.73. The molecule has 0 aromatic heterocycles. The first kappa shape index (κ1) is 19.6. The number of ketones is 1. The Morgan fingerprint density at radius 1 is 0.967 bits per heavy atom. The summed E-state index contributed by atoms with van der Waals surface area (Å²) in [5.41, 5.74) is 2.81. The molecule has 5 heteroatoms. The van der Waals surface area contributed by atoms with Gasteiger partial charge in [-0.1, -0.05) is 78.0 Å². The average Bonchev–Trinajstić information content (AvgIpc) is 3.19. The normalized spacial score (nSPS) is 16.5. The third-order valence-electron chi connectivity index (χ3n) is 5.30. The third kappa shape index (κ3) is 4.01. The fourth-order valence-corrected chi connectivity index (χ4v) is 3.74. The minimum absolute atomic E-state index is 0.0384. The monoisotopic (exact) mass is 399 g/mol. The first-order valence-corrected chi connectivity index (χ1v) is 9.73. The van der Waals surface area contributed by atoms with Crippen molar-refractivity contribution in [3.8, 4) is 5.75 Å². The van der Waals surface area contributed by atoms with Gasteiger partial charge in [-0.15, -0.1) is 0 Å². The van der Waals surface area contributed by atoms with E-state index in [-0.39, 0.29) is 12.2 Å². The van der Waals surface area contributed by atoms with Gasteiger partial charge >= 0.3 is 5.97 Å². The summed E-state index contributed by atoms with van der Waals surface area (Å²) in [5, 5.41) is 4.06. The summed E-state index contributed by atoms with van der Waals surface area (Å²) >= 11 is 0. The topological polar surface area (TPSA) is 65.0 Å². The molecule has 150 valence electrons. The van der Waals surface area contributed by atoms with Crippen molar-refractivity contribution in [3.05, 3.63) is 102 Å². The van der Waals surface area contributed by atoms with E-state index in [9.17, 15) is 9.59 Å². The number of methoxy groups -OCH3 is 1. The third-order valence-corrected chi connectivity index (χ3v) is 5.30. The van der Waals surface area contributed by atoms with Gasteiger partial charge < -0.3 is 9.57 Å². The Morgan fingerprint density at radius 3 is 2.23 bits per heavy atom. The highest BCUT2D eigenvalue weighted by Gasteiger charge is 2.41. The highest BCUT2D eigenvalue weighted by Crippen LogP contribution is 2.36. The summed E-state index contributed by atoms with van der Waals surface area (Å²) in [6.45, 7) is 0. The Hall–Kier alpha value is -3.73. The number of nitrogens with zero attached hydrogens (tertiary/aromatic N) is 1. The van der Waals surface area contributed by atoms with Gasteiger partial charge in [-0.3, -0.25) is 4.79 Å². The molecular weight excluding hydrogens is 378 g/mol. The predicted octanol–water partition coefficient (Wildman–Crippen LogP) is 4.63. The van der Waals surface area contributed by atoms with Gasteiger partial charge in [0.2, 0.25) is 0 Å². The van der Waals surface area contributed by atoms with Crippen LogP contribution in [0, 0.1) is 5.92 Å². The molecule has 0 saturated carbocycles. The van der Waals surface area contributed by atoms with Crippen LogP contribution in [0.1, 0.15) is 33.8 Å². The molecule has 1 heterocycles. The molecule has 2 atom stereocenters. The summed E-state index contributed by atoms with van der Waals surface area (Å²) in [7, 11) is 1.60. The van der Waals surface area contributed by atoms with E-state index >= 15 is 0 Å². The van der Waals surface area contributed by atoms with Crippen LogP contribution in [-0.4, -0.2) is 24.6 Å². The van der Waals surface area contributed by atoms with Gasteiger partial charge in [-0.05, 0) is 17.7 Å². The van der Waals surface area contributed by atoms with Crippen LogP contribution in [0.15, 0.2) is 90.1 Å². The lowest BCUT2D eigenvalue weighted by atomic mass is 9.77. The molecule has 30 heavy (non-hydrogen) atoms. The zero-order valence-electron chi connectivity index (χ0n) is 16.5. The van der Waals surface area contributed by atoms with Crippen molar-refractivity contribution in [2.45, 2.75) is 12.3 Å². The number of rotatable bonds is 7. The van der Waals surface area contributed by atoms with Crippen molar-refractivity contribution in [3.63, 3.8) is 0 Å². The number of Topliss-reactive ketones (excluding diaryl/α,β-unsaturated/α-hetero) is 1. The summed E-state index contributed by atoms with van der Waals surface area (Å²) in [6.07, 6.45) is 0.155. The van der Waals surface area contributed by atoms with Crippen LogP contribution in [0.25, 0.3) is 0 Å². The Labute approximate surface area is 174 Å². The average molecular weight is 399 g/mol. The molecule has 0 spiro atoms. The zero-order chi connectivity index (χ0) is 20.9. The maximum absolute atomic E-state index is 13.0. The lowest BCUT2D eigenvalue weighted by Crippen LogP contribution is -2.28. The number of carbonyl (C=O) groups is 2. The summed E-state index contributed by atoms with van der Waals surface area (Å²) < 4.78 is 5.25. The number of ether oxygens (including phenoxy) is 1. The van der Waals surface area contributed by atoms with Gasteiger partial charge in [0.05, 0.1) is 7.11 Å². The van der Waals surface area contributed by atoms with E-state index < -0.39 is 17.8 Å². The molecule has 0 N–H and O–H groups in total. The van der Waals surface area contributed by atoms with Crippen LogP contribution < -0.4 is 4.74 Å². The second-order valence-corrected chi connectivity index (χ2v) is 7.10. The highest BCUT2D eigenvalue weighted by atomic mass is 16.7. The molecule has 0 bridgehead atoms. The molecule has 0 aliphatic carbocycles. The molecule has 3 aromatic carbocycles. The molecule has 1 aliphatic heterocycles. The van der Waals surface area contributed by atoms with E-state index in [1.807, 2.05) is 72.8 Å². The summed E-state index contributed by atoms with van der Waals surface area (Å²) in [5.74, 6) is -0.872. The summed E-state index contributed by atoms with van der Waals surface area (Å²) in [4.78, 5) is 30.9. The van der Waals surface area contributed by atoms with Gasteiger partial charge in [0.25, 0.3) is 0 Å². The maximum atomic E-state index is 13.0. The minimum atomic E-state index is -0.673. The van der Waals surface area contributed by atoms with E-state index in [2.05, 4.69) is 5.16 Å². The highest BCUT2D eigenvalue weighted by molar-refractivity contribution is 6.15. The molecule has 3 aromatic rings. The molecule has 1 aliphatic rings. The van der Waals surface area contributed by atoms with Crippen molar-refractivity contribution in [2.24, 2.45) is 11.1 Å². The van der Waals surface area contributed by atoms with E-state index in [0.717, 1.165) is 11.1 Å². The van der Waals surface area contributed by atoms with Crippen molar-refractivity contribution in [2.75, 3.05) is 7.11 Å². The van der Waals surface area contributed by atoms with Crippen LogP contribution in [0.4, 0.5) is 0 Å². The van der Waals surface area contributed by atoms with Crippen LogP contribution in [-0.2, 0) is 9.63 Å². The SMILES string of the molecule is COc1ccc([C@H](CC(=O)c2ccccc2)[C@@H]2C(=O)ON=C2c2ccccc2)cc1. The number of hydrogen-bond donors (Lipinski definition) is 0. The summed E-state index contributed by atoms with van der Waals surface area (Å²) in [6, 6.07) is 26.0. The van der Waals surface area contributed by atoms with Gasteiger partial charge in [0.15, 0.2) is 5.78 Å². The zero-order valence-corrected chi connectivity index (χ0v) is 16.5. The molecule has 0 fully saturated rings. The van der Waals surface area contributed by atoms with E-state index in [1.165, 1.54) is 0 Å². The van der Waals surface area contributed by atoms with E-state index in [4.69, 9.17) is 9.57 Å². The second-order valence-electron chi connectivity index (χ2n) is 7.10. The van der Waals surface area contributed by atoms with Crippen molar-refractivity contribution >= 4 is 17.5 Å². The number of oxime groups is 1. The molecule has 0 radical (unpaired) electrons. The van der Waals surface area contributed by atoms with Crippen molar-refractivity contribution in [1.29, 1.82) is 0 Å². The molecule has 4 rings (SSSR count). The number of carbonyl (C=O) groups excluding carboxylic acids is 2. The fraction of sp³-hybridized carbons (Fsp3) is 0.160. The van der Waals surface area contributed by atoms with Gasteiger partial charge in [0, 0.05) is 23.5 Å². The molecule has 0 unspecified atom stereocenters. The first-order chi connectivity index (χ1) is 14.7.